The van der Waals surface area contributed by atoms with Crippen molar-refractivity contribution in [2.45, 2.75) is 49.6 Å². The molecule has 161 valence electrons. The standard InChI is InChI=1S/C15H10F13/c1-7(2)8-3-5-9(6-4-8)10(16,17)11(18,19)12(20,21)13(22,23)14(24,25)15(26,27)28/h3-6H,1-2H3. The van der Waals surface area contributed by atoms with Gasteiger partial charge < -0.3 is 0 Å². The predicted molar refractivity (Wildman–Crippen MR) is 69.9 cm³/mol. The Kier molecular flexibility index (Phi) is 5.81. The van der Waals surface area contributed by atoms with Crippen LogP contribution >= 0.6 is 0 Å². The van der Waals surface area contributed by atoms with Gasteiger partial charge in [-0.25, -0.2) is 0 Å². The van der Waals surface area contributed by atoms with E-state index in [4.69, 9.17) is 0 Å². The lowest BCUT2D eigenvalue weighted by atomic mass is 9.89. The van der Waals surface area contributed by atoms with E-state index in [0.717, 1.165) is 12.1 Å². The summed E-state index contributed by atoms with van der Waals surface area (Å²) in [7, 11) is 0. The van der Waals surface area contributed by atoms with Crippen molar-refractivity contribution in [3.05, 3.63) is 41.3 Å². The van der Waals surface area contributed by atoms with Gasteiger partial charge in [0.1, 0.15) is 0 Å². The summed E-state index contributed by atoms with van der Waals surface area (Å²) in [5.41, 5.74) is -1.84. The molecular weight excluding hydrogens is 427 g/mol. The van der Waals surface area contributed by atoms with Gasteiger partial charge in [-0.1, -0.05) is 38.1 Å². The van der Waals surface area contributed by atoms with E-state index in [-0.39, 0.29) is 17.7 Å². The van der Waals surface area contributed by atoms with Crippen molar-refractivity contribution in [3.8, 4) is 0 Å². The monoisotopic (exact) mass is 437 g/mol. The summed E-state index contributed by atoms with van der Waals surface area (Å²) in [6, 6.07) is 1.70. The molecule has 0 saturated heterocycles. The van der Waals surface area contributed by atoms with Gasteiger partial charge in [-0.2, -0.15) is 57.1 Å². The smallest absolute Gasteiger partial charge is 0.194 e. The number of rotatable bonds is 6. The Morgan fingerprint density at radius 3 is 1.21 bits per heavy atom. The van der Waals surface area contributed by atoms with Gasteiger partial charge in [-0.05, 0) is 11.5 Å². The Morgan fingerprint density at radius 2 is 0.893 bits per heavy atom. The van der Waals surface area contributed by atoms with Gasteiger partial charge in [0.2, 0.25) is 0 Å². The fourth-order valence-corrected chi connectivity index (χ4v) is 1.96. The van der Waals surface area contributed by atoms with Gasteiger partial charge in [0.15, 0.2) is 0 Å². The molecule has 1 rings (SSSR count). The zero-order chi connectivity index (χ0) is 22.6. The summed E-state index contributed by atoms with van der Waals surface area (Å²) in [5, 5.41) is 0. The first kappa shape index (κ1) is 24.3. The molecule has 0 aliphatic carbocycles. The molecule has 0 aromatic heterocycles. The Labute approximate surface area is 149 Å². The second-order valence-corrected chi connectivity index (χ2v) is 5.95. The first-order valence-corrected chi connectivity index (χ1v) is 7.03. The van der Waals surface area contributed by atoms with Gasteiger partial charge in [0.05, 0.1) is 0 Å². The molecule has 0 heterocycles. The summed E-state index contributed by atoms with van der Waals surface area (Å²) in [4.78, 5) is 0. The largest absolute Gasteiger partial charge is 0.460 e. The zero-order valence-electron chi connectivity index (χ0n) is 13.7. The van der Waals surface area contributed by atoms with E-state index in [0.29, 0.717) is 5.92 Å². The molecule has 0 unspecified atom stereocenters. The lowest BCUT2D eigenvalue weighted by Gasteiger charge is -2.39. The fraction of sp³-hybridized carbons (Fsp3) is 0.533. The number of hydrogen-bond acceptors (Lipinski definition) is 0. The van der Waals surface area contributed by atoms with Crippen molar-refractivity contribution >= 4 is 0 Å². The fourth-order valence-electron chi connectivity index (χ4n) is 1.96. The van der Waals surface area contributed by atoms with Crippen molar-refractivity contribution in [2.75, 3.05) is 0 Å². The Balaban J connectivity index is 3.52. The summed E-state index contributed by atoms with van der Waals surface area (Å²) < 4.78 is 170. The maximum absolute atomic E-state index is 13.9. The first-order chi connectivity index (χ1) is 12.2. The van der Waals surface area contributed by atoms with E-state index in [2.05, 4.69) is 0 Å². The molecule has 1 aromatic rings. The van der Waals surface area contributed by atoms with Crippen molar-refractivity contribution in [3.63, 3.8) is 0 Å². The van der Waals surface area contributed by atoms with Crippen LogP contribution in [0.2, 0.25) is 0 Å². The molecule has 0 amide bonds. The molecule has 0 aliphatic rings. The van der Waals surface area contributed by atoms with Gasteiger partial charge in [0.25, 0.3) is 0 Å². The maximum Gasteiger partial charge on any atom is 0.460 e. The lowest BCUT2D eigenvalue weighted by Crippen LogP contribution is -2.69. The highest BCUT2D eigenvalue weighted by Crippen LogP contribution is 2.62. The minimum Gasteiger partial charge on any atom is -0.194 e. The van der Waals surface area contributed by atoms with Crippen LogP contribution in [-0.4, -0.2) is 29.9 Å². The minimum absolute atomic E-state index is 0.131. The SMILES string of the molecule is C[C](C)c1ccc(C(F)(F)C(F)(F)C(F)(F)C(F)(F)C(F)(F)C(F)(F)F)cc1. The van der Waals surface area contributed by atoms with E-state index in [9.17, 15) is 57.1 Å². The highest BCUT2D eigenvalue weighted by atomic mass is 19.4. The van der Waals surface area contributed by atoms with Crippen LogP contribution < -0.4 is 0 Å². The third-order valence-corrected chi connectivity index (χ3v) is 3.76. The Morgan fingerprint density at radius 1 is 0.536 bits per heavy atom. The Bertz CT molecular complexity index is 683. The van der Waals surface area contributed by atoms with Crippen LogP contribution in [0.1, 0.15) is 25.0 Å². The average Bonchev–Trinajstić information content (AvgIpc) is 2.53. The third kappa shape index (κ3) is 3.30. The van der Waals surface area contributed by atoms with Crippen LogP contribution in [0.15, 0.2) is 24.3 Å². The van der Waals surface area contributed by atoms with Crippen molar-refractivity contribution in [1.29, 1.82) is 0 Å². The van der Waals surface area contributed by atoms with E-state index in [1.54, 1.807) is 0 Å². The minimum atomic E-state index is -7.89. The van der Waals surface area contributed by atoms with E-state index >= 15 is 0 Å². The summed E-state index contributed by atoms with van der Waals surface area (Å²) in [5.74, 6) is -36.5. The molecule has 0 fully saturated rings. The van der Waals surface area contributed by atoms with Crippen LogP contribution in [0.4, 0.5) is 57.1 Å². The molecule has 28 heavy (non-hydrogen) atoms. The average molecular weight is 437 g/mol. The first-order valence-electron chi connectivity index (χ1n) is 7.03. The summed E-state index contributed by atoms with van der Waals surface area (Å²) in [6.07, 6.45) is -7.42. The number of alkyl halides is 13. The van der Waals surface area contributed by atoms with Crippen molar-refractivity contribution in [1.82, 2.24) is 0 Å². The Hall–Kier alpha value is -1.69. The van der Waals surface area contributed by atoms with Gasteiger partial charge in [-0.15, -0.1) is 0 Å². The molecule has 0 atom stereocenters. The molecular formula is C15H10F13. The van der Waals surface area contributed by atoms with Crippen molar-refractivity contribution in [2.24, 2.45) is 0 Å². The number of benzene rings is 1. The summed E-state index contributed by atoms with van der Waals surface area (Å²) in [6.45, 7) is 2.88. The lowest BCUT2D eigenvalue weighted by molar-refractivity contribution is -0.441. The number of halogens is 13. The quantitative estimate of drug-likeness (QED) is 0.428. The molecule has 0 N–H and O–H groups in total. The van der Waals surface area contributed by atoms with Gasteiger partial charge in [0, 0.05) is 5.56 Å². The van der Waals surface area contributed by atoms with Crippen LogP contribution in [0.25, 0.3) is 0 Å². The van der Waals surface area contributed by atoms with Gasteiger partial charge >= 0.3 is 35.8 Å². The molecule has 0 nitrogen and oxygen atoms in total. The normalized spacial score (nSPS) is 15.3. The van der Waals surface area contributed by atoms with Crippen LogP contribution in [0, 0.1) is 5.92 Å². The maximum atomic E-state index is 13.9. The molecule has 1 radical (unpaired) electrons. The highest BCUT2D eigenvalue weighted by Gasteiger charge is 2.90. The van der Waals surface area contributed by atoms with E-state index < -0.39 is 41.4 Å². The molecule has 0 bridgehead atoms. The summed E-state index contributed by atoms with van der Waals surface area (Å²) >= 11 is 0. The highest BCUT2D eigenvalue weighted by molar-refractivity contribution is 5.34. The molecule has 0 aliphatic heterocycles. The molecule has 1 aromatic carbocycles. The third-order valence-electron chi connectivity index (χ3n) is 3.76. The second kappa shape index (κ2) is 6.68. The van der Waals surface area contributed by atoms with Crippen LogP contribution in [0.5, 0.6) is 0 Å². The number of hydrogen-bond donors (Lipinski definition) is 0. The van der Waals surface area contributed by atoms with E-state index in [1.165, 1.54) is 13.8 Å². The topological polar surface area (TPSA) is 0 Å². The predicted octanol–water partition coefficient (Wildman–Crippen LogP) is 6.84. The second-order valence-electron chi connectivity index (χ2n) is 5.95. The van der Waals surface area contributed by atoms with Crippen molar-refractivity contribution < 1.29 is 57.1 Å². The molecule has 0 spiro atoms. The van der Waals surface area contributed by atoms with Gasteiger partial charge in [-0.3, -0.25) is 0 Å². The van der Waals surface area contributed by atoms with Crippen LogP contribution in [0.3, 0.4) is 0 Å². The molecule has 0 saturated carbocycles. The van der Waals surface area contributed by atoms with E-state index in [1.807, 2.05) is 0 Å². The molecule has 13 heteroatoms. The van der Waals surface area contributed by atoms with Crippen LogP contribution in [-0.2, 0) is 5.92 Å². The zero-order valence-corrected chi connectivity index (χ0v) is 13.7.